The quantitative estimate of drug-likeness (QED) is 0.568. The fourth-order valence-electron chi connectivity index (χ4n) is 4.18. The Morgan fingerprint density at radius 3 is 2.67 bits per heavy atom. The van der Waals surface area contributed by atoms with E-state index in [1.807, 2.05) is 45.0 Å². The Kier molecular flexibility index (Phi) is 7.75. The van der Waals surface area contributed by atoms with Crippen LogP contribution < -0.4 is 26.4 Å². The third kappa shape index (κ3) is 5.73. The van der Waals surface area contributed by atoms with Crippen LogP contribution in [0.1, 0.15) is 52.5 Å². The van der Waals surface area contributed by atoms with Crippen molar-refractivity contribution in [3.8, 4) is 0 Å². The number of primary amides is 1. The first-order valence-corrected chi connectivity index (χ1v) is 11.3. The molecule has 0 spiro atoms. The van der Waals surface area contributed by atoms with Gasteiger partial charge in [0.25, 0.3) is 0 Å². The van der Waals surface area contributed by atoms with Crippen LogP contribution in [0.2, 0.25) is 0 Å². The monoisotopic (exact) mass is 455 g/mol. The summed E-state index contributed by atoms with van der Waals surface area (Å²) >= 11 is 0. The first-order valence-electron chi connectivity index (χ1n) is 11.3. The standard InChI is InChI=1S/C24H33N5O4/c1-15(2)33-24(32)28-14-16(3)29(17(4)30)21-11-10-18(12-22(21)28)19-8-6-5-7-9-20(19)27-26-13-23(25)31/h6,8,10-12,15-16,26-27H,5,7,9,13-14H2,1-4H3,(H2,25,31)/t16-/m0/s1. The fraction of sp³-hybridized carbons (Fsp3) is 0.458. The van der Waals surface area contributed by atoms with Gasteiger partial charge in [-0.3, -0.25) is 14.5 Å². The SMILES string of the molecule is CC(=O)N1c2ccc(C3=C(NNCC(N)=O)CCCC=C3)cc2N(C(=O)OC(C)C)C[C@@H]1C. The Hall–Kier alpha value is -3.33. The number of anilines is 2. The molecule has 0 fully saturated rings. The number of hydrogen-bond acceptors (Lipinski definition) is 6. The van der Waals surface area contributed by atoms with Crippen molar-refractivity contribution < 1.29 is 19.1 Å². The highest BCUT2D eigenvalue weighted by atomic mass is 16.6. The average Bonchev–Trinajstić information content (AvgIpc) is 2.97. The van der Waals surface area contributed by atoms with Gasteiger partial charge in [0.05, 0.1) is 30.1 Å². The number of nitrogens with two attached hydrogens (primary N) is 1. The molecule has 0 unspecified atom stereocenters. The number of allylic oxidation sites excluding steroid dienone is 4. The molecule has 0 aromatic heterocycles. The van der Waals surface area contributed by atoms with Crippen molar-refractivity contribution in [3.05, 3.63) is 41.6 Å². The van der Waals surface area contributed by atoms with Gasteiger partial charge in [-0.15, -0.1) is 0 Å². The lowest BCUT2D eigenvalue weighted by molar-refractivity contribution is -0.118. The van der Waals surface area contributed by atoms with E-state index in [0.717, 1.165) is 36.1 Å². The van der Waals surface area contributed by atoms with Crippen LogP contribution in [0.15, 0.2) is 36.0 Å². The molecule has 0 saturated heterocycles. The molecular formula is C24H33N5O4. The van der Waals surface area contributed by atoms with Gasteiger partial charge in [-0.25, -0.2) is 10.2 Å². The summed E-state index contributed by atoms with van der Waals surface area (Å²) in [5.74, 6) is -0.541. The van der Waals surface area contributed by atoms with Gasteiger partial charge >= 0.3 is 6.09 Å². The lowest BCUT2D eigenvalue weighted by atomic mass is 9.98. The lowest BCUT2D eigenvalue weighted by Crippen LogP contribution is -2.51. The molecule has 1 heterocycles. The van der Waals surface area contributed by atoms with Crippen LogP contribution in [-0.2, 0) is 14.3 Å². The van der Waals surface area contributed by atoms with E-state index in [0.29, 0.717) is 17.9 Å². The Bertz CT molecular complexity index is 985. The zero-order chi connectivity index (χ0) is 24.1. The second kappa shape index (κ2) is 10.5. The average molecular weight is 456 g/mol. The molecule has 178 valence electrons. The molecule has 2 aliphatic rings. The number of fused-ring (bicyclic) bond motifs is 1. The number of carbonyl (C=O) groups excluding carboxylic acids is 3. The maximum absolute atomic E-state index is 12.9. The second-order valence-corrected chi connectivity index (χ2v) is 8.62. The molecule has 33 heavy (non-hydrogen) atoms. The molecule has 1 atom stereocenters. The largest absolute Gasteiger partial charge is 0.446 e. The van der Waals surface area contributed by atoms with Gasteiger partial charge in [0, 0.05) is 24.7 Å². The minimum atomic E-state index is -0.458. The molecule has 4 N–H and O–H groups in total. The maximum atomic E-state index is 12.9. The van der Waals surface area contributed by atoms with Crippen LogP contribution in [0.3, 0.4) is 0 Å². The Morgan fingerprint density at radius 1 is 1.24 bits per heavy atom. The van der Waals surface area contributed by atoms with Crippen LogP contribution in [0.5, 0.6) is 0 Å². The molecule has 1 aliphatic heterocycles. The molecule has 1 aliphatic carbocycles. The van der Waals surface area contributed by atoms with E-state index in [9.17, 15) is 14.4 Å². The fourth-order valence-corrected chi connectivity index (χ4v) is 4.18. The topological polar surface area (TPSA) is 117 Å². The molecule has 3 amide bonds. The van der Waals surface area contributed by atoms with Crippen molar-refractivity contribution in [2.75, 3.05) is 22.9 Å². The summed E-state index contributed by atoms with van der Waals surface area (Å²) in [6, 6.07) is 5.55. The van der Waals surface area contributed by atoms with E-state index < -0.39 is 12.0 Å². The van der Waals surface area contributed by atoms with Crippen molar-refractivity contribution in [1.29, 1.82) is 0 Å². The molecule has 0 radical (unpaired) electrons. The normalized spacial score (nSPS) is 18.2. The highest BCUT2D eigenvalue weighted by Crippen LogP contribution is 2.39. The number of carbonyl (C=O) groups is 3. The molecular weight excluding hydrogens is 422 g/mol. The Morgan fingerprint density at radius 2 is 2.00 bits per heavy atom. The molecule has 0 bridgehead atoms. The number of nitrogens with zero attached hydrogens (tertiary/aromatic N) is 2. The van der Waals surface area contributed by atoms with E-state index in [1.165, 1.54) is 6.92 Å². The van der Waals surface area contributed by atoms with Gasteiger partial charge in [0.1, 0.15) is 0 Å². The van der Waals surface area contributed by atoms with Crippen molar-refractivity contribution in [2.24, 2.45) is 5.73 Å². The summed E-state index contributed by atoms with van der Waals surface area (Å²) < 4.78 is 5.48. The van der Waals surface area contributed by atoms with Crippen LogP contribution in [0.25, 0.3) is 5.57 Å². The van der Waals surface area contributed by atoms with Gasteiger partial charge in [-0.2, -0.15) is 0 Å². The third-order valence-corrected chi connectivity index (χ3v) is 5.53. The predicted octanol–water partition coefficient (Wildman–Crippen LogP) is 2.82. The predicted molar refractivity (Wildman–Crippen MR) is 128 cm³/mol. The van der Waals surface area contributed by atoms with Crippen molar-refractivity contribution in [1.82, 2.24) is 10.9 Å². The maximum Gasteiger partial charge on any atom is 0.414 e. The number of benzene rings is 1. The first kappa shape index (κ1) is 24.3. The lowest BCUT2D eigenvalue weighted by Gasteiger charge is -2.40. The summed E-state index contributed by atoms with van der Waals surface area (Å²) in [4.78, 5) is 39.7. The summed E-state index contributed by atoms with van der Waals surface area (Å²) in [6.45, 7) is 7.40. The Labute approximate surface area is 194 Å². The minimum Gasteiger partial charge on any atom is -0.446 e. The van der Waals surface area contributed by atoms with Crippen molar-refractivity contribution in [2.45, 2.75) is 59.1 Å². The molecule has 1 aromatic rings. The number of rotatable bonds is 6. The van der Waals surface area contributed by atoms with Gasteiger partial charge in [-0.05, 0) is 57.7 Å². The Balaban J connectivity index is 2.07. The van der Waals surface area contributed by atoms with E-state index in [2.05, 4.69) is 16.9 Å². The number of ether oxygens (including phenoxy) is 1. The summed E-state index contributed by atoms with van der Waals surface area (Å²) in [5.41, 5.74) is 15.3. The summed E-state index contributed by atoms with van der Waals surface area (Å²) in [7, 11) is 0. The van der Waals surface area contributed by atoms with Crippen LogP contribution >= 0.6 is 0 Å². The molecule has 0 saturated carbocycles. The van der Waals surface area contributed by atoms with Crippen LogP contribution in [0.4, 0.5) is 16.2 Å². The molecule has 9 nitrogen and oxygen atoms in total. The highest BCUT2D eigenvalue weighted by molar-refractivity contribution is 6.03. The first-order chi connectivity index (χ1) is 15.7. The summed E-state index contributed by atoms with van der Waals surface area (Å²) in [6.07, 6.45) is 6.10. The molecule has 9 heteroatoms. The number of hydrogen-bond donors (Lipinski definition) is 3. The van der Waals surface area contributed by atoms with E-state index >= 15 is 0 Å². The van der Waals surface area contributed by atoms with Crippen LogP contribution in [-0.4, -0.2) is 43.1 Å². The number of nitrogens with one attached hydrogen (secondary N) is 2. The van der Waals surface area contributed by atoms with Gasteiger partial charge in [0.2, 0.25) is 11.8 Å². The van der Waals surface area contributed by atoms with Gasteiger partial charge in [0.15, 0.2) is 0 Å². The van der Waals surface area contributed by atoms with E-state index in [1.54, 1.807) is 9.80 Å². The zero-order valence-electron chi connectivity index (χ0n) is 19.7. The van der Waals surface area contributed by atoms with E-state index in [-0.39, 0.29) is 24.6 Å². The van der Waals surface area contributed by atoms with Crippen molar-refractivity contribution in [3.63, 3.8) is 0 Å². The second-order valence-electron chi connectivity index (χ2n) is 8.62. The van der Waals surface area contributed by atoms with Crippen molar-refractivity contribution >= 4 is 34.9 Å². The number of hydrazine groups is 1. The third-order valence-electron chi connectivity index (χ3n) is 5.53. The zero-order valence-corrected chi connectivity index (χ0v) is 19.7. The number of amides is 3. The van der Waals surface area contributed by atoms with Gasteiger partial charge in [-0.1, -0.05) is 18.2 Å². The minimum absolute atomic E-state index is 0.00492. The highest BCUT2D eigenvalue weighted by Gasteiger charge is 2.35. The van der Waals surface area contributed by atoms with E-state index in [4.69, 9.17) is 10.5 Å². The molecule has 3 rings (SSSR count). The molecule has 1 aromatic carbocycles. The van der Waals surface area contributed by atoms with Gasteiger partial charge < -0.3 is 20.8 Å². The van der Waals surface area contributed by atoms with Crippen LogP contribution in [0, 0.1) is 0 Å². The smallest absolute Gasteiger partial charge is 0.414 e. The summed E-state index contributed by atoms with van der Waals surface area (Å²) in [5, 5.41) is 0.